The van der Waals surface area contributed by atoms with E-state index in [1.54, 1.807) is 4.39 Å². The fourth-order valence-electron chi connectivity index (χ4n) is 0.188. The molecule has 0 aromatic rings. The highest BCUT2D eigenvalue weighted by Crippen LogP contribution is 2.37. The molecule has 0 aliphatic rings. The van der Waals surface area contributed by atoms with E-state index in [9.17, 15) is 34.9 Å². The highest BCUT2D eigenvalue weighted by Gasteiger charge is 2.62. The van der Waals surface area contributed by atoms with Crippen molar-refractivity contribution in [3.63, 3.8) is 0 Å². The van der Waals surface area contributed by atoms with E-state index in [0.717, 1.165) is 0 Å². The molecule has 0 radical (unpaired) electrons. The van der Waals surface area contributed by atoms with Crippen molar-refractivity contribution < 1.29 is 43.5 Å². The topological polar surface area (TPSA) is 52.6 Å². The van der Waals surface area contributed by atoms with Gasteiger partial charge in [0.05, 0.1) is 0 Å². The molecule has 0 heterocycles. The number of rotatable bonds is 3. The van der Waals surface area contributed by atoms with E-state index < -0.39 is 22.7 Å². The highest BCUT2D eigenvalue weighted by atomic mass is 32.3. The van der Waals surface area contributed by atoms with Crippen molar-refractivity contribution in [2.75, 3.05) is 0 Å². The maximum absolute atomic E-state index is 11.6. The van der Waals surface area contributed by atoms with Gasteiger partial charge in [-0.1, -0.05) is 0 Å². The van der Waals surface area contributed by atoms with Crippen LogP contribution in [-0.2, 0) is 19.0 Å². The van der Waals surface area contributed by atoms with Gasteiger partial charge in [-0.05, 0) is 8.91 Å². The van der Waals surface area contributed by atoms with E-state index >= 15 is 0 Å². The Morgan fingerprint density at radius 2 is 1.38 bits per heavy atom. The van der Waals surface area contributed by atoms with Crippen molar-refractivity contribution in [2.45, 2.75) is 12.3 Å². The lowest BCUT2D eigenvalue weighted by atomic mass is 10.6. The second-order valence-electron chi connectivity index (χ2n) is 1.57. The van der Waals surface area contributed by atoms with Gasteiger partial charge in [-0.2, -0.15) is 34.6 Å². The molecule has 11 heteroatoms. The van der Waals surface area contributed by atoms with Crippen LogP contribution in [0.5, 0.6) is 0 Å². The van der Waals surface area contributed by atoms with Crippen molar-refractivity contribution in [1.82, 2.24) is 0 Å². The molecule has 0 rings (SSSR count). The second-order valence-corrected chi connectivity index (χ2v) is 2.68. The third-order valence-electron chi connectivity index (χ3n) is 0.614. The van der Waals surface area contributed by atoms with Gasteiger partial charge >= 0.3 is 22.7 Å². The summed E-state index contributed by atoms with van der Waals surface area (Å²) in [6, 6.07) is 0. The van der Waals surface area contributed by atoms with Crippen LogP contribution in [0.3, 0.4) is 0 Å². The van der Waals surface area contributed by atoms with Gasteiger partial charge in [0, 0.05) is 0 Å². The Morgan fingerprint density at radius 1 is 1.00 bits per heavy atom. The molecule has 0 amide bonds. The normalized spacial score (nSPS) is 14.6. The van der Waals surface area contributed by atoms with Gasteiger partial charge < -0.3 is 0 Å². The molecule has 0 aromatic carbocycles. The Hall–Kier alpha value is -0.550. The molecule has 80 valence electrons. The molecule has 0 spiro atoms. The minimum atomic E-state index is -6.28. The van der Waals surface area contributed by atoms with Crippen LogP contribution in [0.1, 0.15) is 0 Å². The summed E-state index contributed by atoms with van der Waals surface area (Å²) in [6.45, 7) is 0. The third-order valence-corrected chi connectivity index (χ3v) is 1.18. The zero-order valence-corrected chi connectivity index (χ0v) is 6.13. The van der Waals surface area contributed by atoms with Gasteiger partial charge in [0.2, 0.25) is 0 Å². The van der Waals surface area contributed by atoms with E-state index in [4.69, 9.17) is 0 Å². The number of hydrogen-bond acceptors (Lipinski definition) is 4. The Morgan fingerprint density at radius 3 is 1.62 bits per heavy atom. The minimum Gasteiger partial charge on any atom is -0.168 e. The van der Waals surface area contributed by atoms with E-state index in [0.29, 0.717) is 0 Å². The summed E-state index contributed by atoms with van der Waals surface area (Å²) >= 11 is 0. The minimum absolute atomic E-state index is 1.74. The lowest BCUT2D eigenvalue weighted by Crippen LogP contribution is -2.40. The van der Waals surface area contributed by atoms with Gasteiger partial charge in [-0.3, -0.25) is 0 Å². The zero-order chi connectivity index (χ0) is 10.9. The van der Waals surface area contributed by atoms with Gasteiger partial charge in [-0.25, -0.2) is 0 Å². The summed E-state index contributed by atoms with van der Waals surface area (Å²) in [5, 5.41) is 0. The molecule has 13 heavy (non-hydrogen) atoms. The van der Waals surface area contributed by atoms with Crippen molar-refractivity contribution in [1.29, 1.82) is 0 Å². The first kappa shape index (κ1) is 12.4. The molecule has 0 saturated heterocycles. The quantitative estimate of drug-likeness (QED) is 0.690. The van der Waals surface area contributed by atoms with Crippen molar-refractivity contribution in [3.8, 4) is 0 Å². The molecule has 0 atom stereocenters. The van der Waals surface area contributed by atoms with E-state index in [1.165, 1.54) is 0 Å². The Bertz CT molecular complexity index is 265. The maximum atomic E-state index is 11.6. The van der Waals surface area contributed by atoms with Crippen LogP contribution in [0.2, 0.25) is 0 Å². The molecule has 0 bridgehead atoms. The average Bonchev–Trinajstić information content (AvgIpc) is 1.83. The number of alkyl halides is 5. The van der Waals surface area contributed by atoms with Crippen LogP contribution in [0.4, 0.5) is 26.5 Å². The summed E-state index contributed by atoms with van der Waals surface area (Å²) in [6.07, 6.45) is -12.3. The second kappa shape index (κ2) is 3.31. The predicted molar refractivity (Wildman–Crippen MR) is 23.2 cm³/mol. The third kappa shape index (κ3) is 3.36. The lowest BCUT2D eigenvalue weighted by Gasteiger charge is -2.16. The zero-order valence-electron chi connectivity index (χ0n) is 5.31. The van der Waals surface area contributed by atoms with Gasteiger partial charge in [-0.15, -0.1) is 0 Å². The molecular formula is C2F6O4S. The Kier molecular flexibility index (Phi) is 3.17. The first-order valence-electron chi connectivity index (χ1n) is 2.22. The molecular weight excluding hydrogens is 234 g/mol. The molecule has 0 aromatic heterocycles. The monoisotopic (exact) mass is 234 g/mol. The maximum Gasteiger partial charge on any atom is 0.484 e. The van der Waals surface area contributed by atoms with Crippen molar-refractivity contribution in [3.05, 3.63) is 0 Å². The van der Waals surface area contributed by atoms with Gasteiger partial charge in [0.15, 0.2) is 0 Å². The molecule has 0 N–H and O–H groups in total. The van der Waals surface area contributed by atoms with Crippen LogP contribution in [-0.4, -0.2) is 20.7 Å². The van der Waals surface area contributed by atoms with Crippen LogP contribution in [0.15, 0.2) is 0 Å². The standard InChI is InChI=1S/C2F6O4S/c3-1(4,5)2(6,7)11-13(9,10)12-8. The van der Waals surface area contributed by atoms with E-state index in [1.807, 2.05) is 0 Å². The SMILES string of the molecule is O=S(=O)(OF)OC(F)(F)C(F)(F)F. The summed E-state index contributed by atoms with van der Waals surface area (Å²) in [5.74, 6) is 0. The average molecular weight is 234 g/mol. The van der Waals surface area contributed by atoms with Crippen LogP contribution >= 0.6 is 0 Å². The van der Waals surface area contributed by atoms with Crippen LogP contribution in [0, 0.1) is 0 Å². The molecule has 0 unspecified atom stereocenters. The van der Waals surface area contributed by atoms with E-state index in [-0.39, 0.29) is 0 Å². The lowest BCUT2D eigenvalue weighted by molar-refractivity contribution is -0.362. The predicted octanol–water partition coefficient (Wildman–Crippen LogP) is 1.30. The summed E-state index contributed by atoms with van der Waals surface area (Å²) < 4.78 is 90.7. The molecule has 4 nitrogen and oxygen atoms in total. The first-order chi connectivity index (χ1) is 5.52. The molecule has 0 aliphatic heterocycles. The fraction of sp³-hybridized carbons (Fsp3) is 1.00. The first-order valence-corrected chi connectivity index (χ1v) is 3.55. The van der Waals surface area contributed by atoms with Crippen LogP contribution in [0.25, 0.3) is 0 Å². The highest BCUT2D eigenvalue weighted by molar-refractivity contribution is 7.81. The number of halogens is 6. The fourth-order valence-corrected chi connectivity index (χ4v) is 0.565. The summed E-state index contributed by atoms with van der Waals surface area (Å²) in [5.41, 5.74) is 0. The Balaban J connectivity index is 4.72. The molecule has 0 saturated carbocycles. The van der Waals surface area contributed by atoms with Crippen LogP contribution < -0.4 is 0 Å². The van der Waals surface area contributed by atoms with Gasteiger partial charge in [0.25, 0.3) is 0 Å². The van der Waals surface area contributed by atoms with E-state index in [2.05, 4.69) is 4.18 Å². The summed E-state index contributed by atoms with van der Waals surface area (Å²) in [4.78, 5) is 0. The molecule has 0 aliphatic carbocycles. The van der Waals surface area contributed by atoms with Crippen molar-refractivity contribution in [2.24, 2.45) is 0 Å². The number of hydrogen-bond donors (Lipinski definition) is 0. The van der Waals surface area contributed by atoms with Gasteiger partial charge in [0.1, 0.15) is 0 Å². The summed E-state index contributed by atoms with van der Waals surface area (Å²) in [7, 11) is -6.00. The smallest absolute Gasteiger partial charge is 0.168 e. The Labute approximate surface area is 67.3 Å². The largest absolute Gasteiger partial charge is 0.484 e. The van der Waals surface area contributed by atoms with Crippen molar-refractivity contribution >= 4 is 10.4 Å². The molecule has 0 fully saturated rings.